The van der Waals surface area contributed by atoms with Gasteiger partial charge in [0.15, 0.2) is 0 Å². The fraction of sp³-hybridized carbons (Fsp3) is 0.750. The van der Waals surface area contributed by atoms with Crippen LogP contribution in [0.4, 0.5) is 0 Å². The molecule has 116 valence electrons. The molecule has 0 amide bonds. The zero-order valence-electron chi connectivity index (χ0n) is 12.8. The Balaban J connectivity index is 1.81. The monoisotopic (exact) mass is 292 g/mol. The van der Waals surface area contributed by atoms with Gasteiger partial charge in [-0.2, -0.15) is 10.2 Å². The van der Waals surface area contributed by atoms with Crippen molar-refractivity contribution < 1.29 is 14.6 Å². The maximum Gasteiger partial charge on any atom is 0.0940 e. The molecule has 5 nitrogen and oxygen atoms in total. The molecule has 3 heterocycles. The molecular weight excluding hydrogens is 268 g/mol. The highest BCUT2D eigenvalue weighted by Crippen LogP contribution is 2.41. The van der Waals surface area contributed by atoms with Crippen LogP contribution in [0, 0.1) is 12.8 Å². The second kappa shape index (κ2) is 5.99. The van der Waals surface area contributed by atoms with Crippen molar-refractivity contribution in [3.63, 3.8) is 0 Å². The molecule has 1 aromatic rings. The number of ether oxygens (including phenoxy) is 2. The Morgan fingerprint density at radius 1 is 1.43 bits per heavy atom. The maximum absolute atomic E-state index is 10.9. The molecule has 5 heteroatoms. The Labute approximate surface area is 125 Å². The Kier molecular flexibility index (Phi) is 4.24. The summed E-state index contributed by atoms with van der Waals surface area (Å²) in [6.07, 6.45) is 2.98. The van der Waals surface area contributed by atoms with Crippen molar-refractivity contribution in [1.82, 2.24) is 10.2 Å². The Morgan fingerprint density at radius 3 is 3.00 bits per heavy atom. The summed E-state index contributed by atoms with van der Waals surface area (Å²) in [6, 6.07) is 1.98. The number of aryl methyl sites for hydroxylation is 2. The maximum atomic E-state index is 10.9. The average molecular weight is 292 g/mol. The van der Waals surface area contributed by atoms with Crippen molar-refractivity contribution in [1.29, 1.82) is 0 Å². The molecule has 1 N–H and O–H groups in total. The van der Waals surface area contributed by atoms with Crippen molar-refractivity contribution in [3.05, 3.63) is 23.0 Å². The van der Waals surface area contributed by atoms with Gasteiger partial charge in [-0.3, -0.25) is 0 Å². The van der Waals surface area contributed by atoms with Gasteiger partial charge in [0.05, 0.1) is 29.7 Å². The molecule has 21 heavy (non-hydrogen) atoms. The van der Waals surface area contributed by atoms with Crippen LogP contribution in [0.2, 0.25) is 0 Å². The first-order valence-electron chi connectivity index (χ1n) is 7.86. The summed E-state index contributed by atoms with van der Waals surface area (Å²) in [4.78, 5) is 0. The van der Waals surface area contributed by atoms with Gasteiger partial charge >= 0.3 is 0 Å². The Hall–Kier alpha value is -1.04. The molecular formula is C16H24N2O3. The van der Waals surface area contributed by atoms with Gasteiger partial charge < -0.3 is 14.6 Å². The third-order valence-electron chi connectivity index (χ3n) is 4.72. The van der Waals surface area contributed by atoms with E-state index in [0.717, 1.165) is 49.2 Å². The van der Waals surface area contributed by atoms with Crippen LogP contribution in [0.3, 0.4) is 0 Å². The second-order valence-corrected chi connectivity index (χ2v) is 6.27. The molecule has 1 aromatic heterocycles. The van der Waals surface area contributed by atoms with Gasteiger partial charge in [0.25, 0.3) is 0 Å². The normalized spacial score (nSPS) is 30.7. The molecule has 2 aliphatic rings. The van der Waals surface area contributed by atoms with E-state index in [1.165, 1.54) is 0 Å². The van der Waals surface area contributed by atoms with Crippen LogP contribution in [0.15, 0.2) is 6.07 Å². The zero-order chi connectivity index (χ0) is 14.9. The average Bonchev–Trinajstić information content (AvgIpc) is 2.94. The molecule has 0 bridgehead atoms. The predicted octanol–water partition coefficient (Wildman–Crippen LogP) is 1.97. The highest BCUT2D eigenvalue weighted by atomic mass is 16.6. The molecule has 3 unspecified atom stereocenters. The van der Waals surface area contributed by atoms with E-state index >= 15 is 0 Å². The number of hydrogen-bond acceptors (Lipinski definition) is 5. The van der Waals surface area contributed by atoms with Crippen molar-refractivity contribution in [3.8, 4) is 0 Å². The van der Waals surface area contributed by atoms with Gasteiger partial charge in [-0.05, 0) is 38.2 Å². The van der Waals surface area contributed by atoms with E-state index in [9.17, 15) is 5.11 Å². The SMILES string of the molecule is CCc1nnc(C)cc1C(O)C1CCOC2(CCOC2)C1. The quantitative estimate of drug-likeness (QED) is 0.922. The number of aromatic nitrogens is 2. The van der Waals surface area contributed by atoms with Gasteiger partial charge in [0.2, 0.25) is 0 Å². The van der Waals surface area contributed by atoms with Gasteiger partial charge in [-0.15, -0.1) is 0 Å². The third kappa shape index (κ3) is 2.96. The summed E-state index contributed by atoms with van der Waals surface area (Å²) in [6.45, 7) is 6.08. The molecule has 0 aliphatic carbocycles. The summed E-state index contributed by atoms with van der Waals surface area (Å²) < 4.78 is 11.5. The number of aliphatic hydroxyl groups is 1. The first-order chi connectivity index (χ1) is 10.1. The smallest absolute Gasteiger partial charge is 0.0940 e. The van der Waals surface area contributed by atoms with Crippen LogP contribution < -0.4 is 0 Å². The van der Waals surface area contributed by atoms with Gasteiger partial charge in [-0.25, -0.2) is 0 Å². The van der Waals surface area contributed by atoms with Crippen LogP contribution in [0.5, 0.6) is 0 Å². The first kappa shape index (κ1) is 14.9. The molecule has 0 saturated carbocycles. The lowest BCUT2D eigenvalue weighted by atomic mass is 9.80. The number of hydrogen-bond donors (Lipinski definition) is 1. The predicted molar refractivity (Wildman–Crippen MR) is 77.9 cm³/mol. The highest BCUT2D eigenvalue weighted by molar-refractivity contribution is 5.24. The molecule has 0 aromatic carbocycles. The Morgan fingerprint density at radius 2 is 2.29 bits per heavy atom. The fourth-order valence-corrected chi connectivity index (χ4v) is 3.52. The van der Waals surface area contributed by atoms with E-state index in [2.05, 4.69) is 10.2 Å². The summed E-state index contributed by atoms with van der Waals surface area (Å²) >= 11 is 0. The topological polar surface area (TPSA) is 64.5 Å². The van der Waals surface area contributed by atoms with Crippen LogP contribution in [-0.4, -0.2) is 40.7 Å². The number of rotatable bonds is 3. The van der Waals surface area contributed by atoms with Crippen LogP contribution in [-0.2, 0) is 15.9 Å². The number of nitrogens with zero attached hydrogens (tertiary/aromatic N) is 2. The molecule has 2 saturated heterocycles. The molecule has 0 radical (unpaired) electrons. The van der Waals surface area contributed by atoms with Crippen molar-refractivity contribution >= 4 is 0 Å². The Bertz CT molecular complexity index is 500. The minimum atomic E-state index is -0.490. The van der Waals surface area contributed by atoms with Gasteiger partial charge in [0.1, 0.15) is 0 Å². The van der Waals surface area contributed by atoms with Crippen LogP contribution in [0.25, 0.3) is 0 Å². The fourth-order valence-electron chi connectivity index (χ4n) is 3.52. The third-order valence-corrected chi connectivity index (χ3v) is 4.72. The summed E-state index contributed by atoms with van der Waals surface area (Å²) in [5.74, 6) is 0.203. The van der Waals surface area contributed by atoms with E-state index in [1.54, 1.807) is 0 Å². The minimum absolute atomic E-state index is 0.175. The van der Waals surface area contributed by atoms with E-state index in [1.807, 2.05) is 19.9 Å². The zero-order valence-corrected chi connectivity index (χ0v) is 12.8. The summed E-state index contributed by atoms with van der Waals surface area (Å²) in [5.41, 5.74) is 2.51. The molecule has 2 aliphatic heterocycles. The van der Waals surface area contributed by atoms with Crippen molar-refractivity contribution in [2.45, 2.75) is 51.2 Å². The van der Waals surface area contributed by atoms with Crippen molar-refractivity contribution in [2.24, 2.45) is 5.92 Å². The number of aliphatic hydroxyl groups excluding tert-OH is 1. The lowest BCUT2D eigenvalue weighted by Crippen LogP contribution is -2.42. The van der Waals surface area contributed by atoms with Gasteiger partial charge in [-0.1, -0.05) is 6.92 Å². The highest BCUT2D eigenvalue weighted by Gasteiger charge is 2.43. The van der Waals surface area contributed by atoms with E-state index < -0.39 is 6.10 Å². The lowest BCUT2D eigenvalue weighted by molar-refractivity contribution is -0.117. The van der Waals surface area contributed by atoms with Crippen LogP contribution in [0.1, 0.15) is 49.2 Å². The molecule has 3 atom stereocenters. The lowest BCUT2D eigenvalue weighted by Gasteiger charge is -2.39. The summed E-state index contributed by atoms with van der Waals surface area (Å²) in [7, 11) is 0. The largest absolute Gasteiger partial charge is 0.388 e. The first-order valence-corrected chi connectivity index (χ1v) is 7.86. The molecule has 1 spiro atoms. The standard InChI is InChI=1S/C16H24N2O3/c1-3-14-13(8-11(2)17-18-14)15(19)12-4-6-21-16(9-12)5-7-20-10-16/h8,12,15,19H,3-7,9-10H2,1-2H3. The molecule has 2 fully saturated rings. The summed E-state index contributed by atoms with van der Waals surface area (Å²) in [5, 5.41) is 19.2. The van der Waals surface area contributed by atoms with E-state index in [0.29, 0.717) is 13.2 Å². The van der Waals surface area contributed by atoms with Gasteiger partial charge in [0, 0.05) is 25.2 Å². The van der Waals surface area contributed by atoms with Crippen molar-refractivity contribution in [2.75, 3.05) is 19.8 Å². The van der Waals surface area contributed by atoms with Crippen LogP contribution >= 0.6 is 0 Å². The van der Waals surface area contributed by atoms with E-state index in [4.69, 9.17) is 9.47 Å². The molecule has 3 rings (SSSR count). The second-order valence-electron chi connectivity index (χ2n) is 6.27. The van der Waals surface area contributed by atoms with E-state index in [-0.39, 0.29) is 11.5 Å². The minimum Gasteiger partial charge on any atom is -0.388 e.